The number of aryl methyl sites for hydroxylation is 1. The Labute approximate surface area is 157 Å². The standard InChI is InChI=1S/C17H30N4O.HI/c1-4-21(16-10-7-6-9-15(16)3)13-12-20-17(18)19-11-8-14-22-5-2;/h6-7,9-10H,4-5,8,11-14H2,1-3H3,(H3,18,19,20);1H. The van der Waals surface area contributed by atoms with Crippen LogP contribution in [0.4, 0.5) is 5.69 Å². The zero-order valence-electron chi connectivity index (χ0n) is 14.5. The Balaban J connectivity index is 0.00000484. The normalized spacial score (nSPS) is 11.0. The molecule has 0 amide bonds. The molecule has 0 heterocycles. The first kappa shape index (κ1) is 22.0. The third-order valence-corrected chi connectivity index (χ3v) is 3.46. The second-order valence-electron chi connectivity index (χ2n) is 5.11. The highest BCUT2D eigenvalue weighted by atomic mass is 127. The Morgan fingerprint density at radius 3 is 2.70 bits per heavy atom. The van der Waals surface area contributed by atoms with Crippen LogP contribution in [0.1, 0.15) is 25.8 Å². The van der Waals surface area contributed by atoms with Gasteiger partial charge in [0.15, 0.2) is 5.96 Å². The summed E-state index contributed by atoms with van der Waals surface area (Å²) in [6.07, 6.45) is 0.903. The number of likely N-dealkylation sites (N-methyl/N-ethyl adjacent to an activating group) is 1. The number of aliphatic imine (C=N–C) groups is 1. The summed E-state index contributed by atoms with van der Waals surface area (Å²) in [4.78, 5) is 6.63. The summed E-state index contributed by atoms with van der Waals surface area (Å²) < 4.78 is 5.27. The number of nitrogens with zero attached hydrogens (tertiary/aromatic N) is 2. The van der Waals surface area contributed by atoms with E-state index in [1.807, 2.05) is 6.92 Å². The summed E-state index contributed by atoms with van der Waals surface area (Å²) in [6, 6.07) is 8.44. The molecule has 0 spiro atoms. The van der Waals surface area contributed by atoms with Gasteiger partial charge in [-0.2, -0.15) is 0 Å². The van der Waals surface area contributed by atoms with E-state index in [9.17, 15) is 0 Å². The molecule has 0 aliphatic rings. The SMILES string of the molecule is CCOCCCN=C(N)NCCN(CC)c1ccccc1C.I. The molecule has 0 bridgehead atoms. The van der Waals surface area contributed by atoms with E-state index < -0.39 is 0 Å². The van der Waals surface area contributed by atoms with Crippen molar-refractivity contribution >= 4 is 35.6 Å². The molecule has 0 saturated carbocycles. The molecule has 23 heavy (non-hydrogen) atoms. The molecule has 6 heteroatoms. The molecule has 5 nitrogen and oxygen atoms in total. The molecule has 1 rings (SSSR count). The predicted octanol–water partition coefficient (Wildman–Crippen LogP) is 2.77. The maximum Gasteiger partial charge on any atom is 0.188 e. The van der Waals surface area contributed by atoms with Crippen molar-refractivity contribution in [3.63, 3.8) is 0 Å². The highest BCUT2D eigenvalue weighted by molar-refractivity contribution is 14.0. The van der Waals surface area contributed by atoms with E-state index in [1.54, 1.807) is 0 Å². The van der Waals surface area contributed by atoms with Crippen molar-refractivity contribution in [3.8, 4) is 0 Å². The lowest BCUT2D eigenvalue weighted by atomic mass is 10.2. The molecule has 0 aliphatic heterocycles. The molecular formula is C17H31IN4O. The molecule has 132 valence electrons. The predicted molar refractivity (Wildman–Crippen MR) is 110 cm³/mol. The first-order chi connectivity index (χ1) is 10.7. The van der Waals surface area contributed by atoms with Crippen LogP contribution >= 0.6 is 24.0 Å². The number of para-hydroxylation sites is 1. The van der Waals surface area contributed by atoms with Crippen LogP contribution in [0.15, 0.2) is 29.3 Å². The zero-order chi connectivity index (χ0) is 16.2. The van der Waals surface area contributed by atoms with Crippen LogP contribution in [-0.4, -0.2) is 45.4 Å². The maximum atomic E-state index is 5.86. The fraction of sp³-hybridized carbons (Fsp3) is 0.588. The van der Waals surface area contributed by atoms with E-state index in [-0.39, 0.29) is 24.0 Å². The van der Waals surface area contributed by atoms with Gasteiger partial charge in [-0.3, -0.25) is 4.99 Å². The topological polar surface area (TPSA) is 62.9 Å². The van der Waals surface area contributed by atoms with Gasteiger partial charge in [0, 0.05) is 45.1 Å². The minimum atomic E-state index is 0. The first-order valence-corrected chi connectivity index (χ1v) is 8.11. The van der Waals surface area contributed by atoms with Gasteiger partial charge in [0.05, 0.1) is 0 Å². The van der Waals surface area contributed by atoms with E-state index in [0.29, 0.717) is 12.5 Å². The van der Waals surface area contributed by atoms with E-state index in [2.05, 4.69) is 53.3 Å². The number of rotatable bonds is 10. The molecule has 0 aromatic heterocycles. The van der Waals surface area contributed by atoms with Gasteiger partial charge in [0.2, 0.25) is 0 Å². The smallest absolute Gasteiger partial charge is 0.188 e. The maximum absolute atomic E-state index is 5.86. The van der Waals surface area contributed by atoms with Gasteiger partial charge < -0.3 is 20.7 Å². The van der Waals surface area contributed by atoms with Crippen molar-refractivity contribution in [2.75, 3.05) is 44.3 Å². The monoisotopic (exact) mass is 434 g/mol. The lowest BCUT2D eigenvalue weighted by molar-refractivity contribution is 0.146. The van der Waals surface area contributed by atoms with Crippen molar-refractivity contribution in [1.82, 2.24) is 5.32 Å². The van der Waals surface area contributed by atoms with Crippen LogP contribution in [0.5, 0.6) is 0 Å². The number of nitrogens with one attached hydrogen (secondary N) is 1. The third-order valence-electron chi connectivity index (χ3n) is 3.46. The Morgan fingerprint density at radius 2 is 2.04 bits per heavy atom. The van der Waals surface area contributed by atoms with Crippen LogP contribution in [0.3, 0.4) is 0 Å². The van der Waals surface area contributed by atoms with Crippen molar-refractivity contribution in [3.05, 3.63) is 29.8 Å². The average Bonchev–Trinajstić information content (AvgIpc) is 2.52. The Kier molecular flexibility index (Phi) is 12.8. The summed E-state index contributed by atoms with van der Waals surface area (Å²) in [7, 11) is 0. The van der Waals surface area contributed by atoms with Gasteiger partial charge in [0.25, 0.3) is 0 Å². The van der Waals surface area contributed by atoms with Gasteiger partial charge in [0.1, 0.15) is 0 Å². The fourth-order valence-corrected chi connectivity index (χ4v) is 2.25. The molecule has 0 unspecified atom stereocenters. The number of anilines is 1. The Bertz CT molecular complexity index is 454. The first-order valence-electron chi connectivity index (χ1n) is 8.11. The molecule has 3 N–H and O–H groups in total. The third kappa shape index (κ3) is 9.00. The fourth-order valence-electron chi connectivity index (χ4n) is 2.25. The van der Waals surface area contributed by atoms with Crippen molar-refractivity contribution in [2.45, 2.75) is 27.2 Å². The minimum absolute atomic E-state index is 0. The van der Waals surface area contributed by atoms with Crippen LogP contribution in [0.25, 0.3) is 0 Å². The van der Waals surface area contributed by atoms with Crippen molar-refractivity contribution < 1.29 is 4.74 Å². The van der Waals surface area contributed by atoms with Gasteiger partial charge >= 0.3 is 0 Å². The summed E-state index contributed by atoms with van der Waals surface area (Å²) >= 11 is 0. The molecule has 0 fully saturated rings. The lowest BCUT2D eigenvalue weighted by Crippen LogP contribution is -2.39. The minimum Gasteiger partial charge on any atom is -0.382 e. The second kappa shape index (κ2) is 13.4. The highest BCUT2D eigenvalue weighted by Crippen LogP contribution is 2.18. The van der Waals surface area contributed by atoms with Crippen LogP contribution in [0.2, 0.25) is 0 Å². The zero-order valence-corrected chi connectivity index (χ0v) is 16.9. The van der Waals surface area contributed by atoms with E-state index in [1.165, 1.54) is 11.3 Å². The van der Waals surface area contributed by atoms with Gasteiger partial charge in [-0.1, -0.05) is 18.2 Å². The number of nitrogens with two attached hydrogens (primary N) is 1. The van der Waals surface area contributed by atoms with E-state index in [4.69, 9.17) is 10.5 Å². The molecule has 0 atom stereocenters. The molecule has 0 aliphatic carbocycles. The quantitative estimate of drug-likeness (QED) is 0.257. The van der Waals surface area contributed by atoms with Gasteiger partial charge in [-0.25, -0.2) is 0 Å². The van der Waals surface area contributed by atoms with E-state index >= 15 is 0 Å². The van der Waals surface area contributed by atoms with E-state index in [0.717, 1.165) is 39.3 Å². The van der Waals surface area contributed by atoms with Crippen molar-refractivity contribution in [2.24, 2.45) is 10.7 Å². The molecular weight excluding hydrogens is 403 g/mol. The van der Waals surface area contributed by atoms with Crippen LogP contribution < -0.4 is 16.0 Å². The lowest BCUT2D eigenvalue weighted by Gasteiger charge is -2.25. The Morgan fingerprint density at radius 1 is 1.30 bits per heavy atom. The largest absolute Gasteiger partial charge is 0.382 e. The van der Waals surface area contributed by atoms with Gasteiger partial charge in [-0.05, 0) is 38.8 Å². The summed E-state index contributed by atoms with van der Waals surface area (Å²) in [5, 5.41) is 3.17. The summed E-state index contributed by atoms with van der Waals surface area (Å²) in [5.41, 5.74) is 8.43. The molecule has 1 aromatic rings. The molecule has 0 radical (unpaired) electrons. The van der Waals surface area contributed by atoms with Crippen LogP contribution in [-0.2, 0) is 4.74 Å². The number of benzene rings is 1. The number of hydrogen-bond donors (Lipinski definition) is 2. The molecule has 1 aromatic carbocycles. The number of guanidine groups is 1. The molecule has 0 saturated heterocycles. The Hall–Kier alpha value is -1.02. The number of hydrogen-bond acceptors (Lipinski definition) is 3. The second-order valence-corrected chi connectivity index (χ2v) is 5.11. The van der Waals surface area contributed by atoms with Crippen molar-refractivity contribution in [1.29, 1.82) is 0 Å². The summed E-state index contributed by atoms with van der Waals surface area (Å²) in [6.45, 7) is 11.1. The highest BCUT2D eigenvalue weighted by Gasteiger charge is 2.06. The average molecular weight is 434 g/mol. The number of halogens is 1. The summed E-state index contributed by atoms with van der Waals surface area (Å²) in [5.74, 6) is 0.511. The number of ether oxygens (including phenoxy) is 1. The van der Waals surface area contributed by atoms with Gasteiger partial charge in [-0.15, -0.1) is 24.0 Å². The van der Waals surface area contributed by atoms with Crippen LogP contribution in [0, 0.1) is 6.92 Å².